The second-order valence-electron chi connectivity index (χ2n) is 8.76. The first-order valence-corrected chi connectivity index (χ1v) is 12.0. The molecule has 3 heterocycles. The number of piperazine rings is 1. The fourth-order valence-electron chi connectivity index (χ4n) is 4.44. The Morgan fingerprint density at radius 2 is 1.90 bits per heavy atom. The molecule has 168 valence electrons. The first-order chi connectivity index (χ1) is 14.9. The Morgan fingerprint density at radius 3 is 2.65 bits per heavy atom. The van der Waals surface area contributed by atoms with Crippen LogP contribution in [0.2, 0.25) is 0 Å². The Balaban J connectivity index is 1.32. The Kier molecular flexibility index (Phi) is 6.71. The van der Waals surface area contributed by atoms with Crippen molar-refractivity contribution in [3.05, 3.63) is 27.1 Å². The van der Waals surface area contributed by atoms with Gasteiger partial charge >= 0.3 is 0 Å². The molecule has 0 aromatic carbocycles. The van der Waals surface area contributed by atoms with Crippen molar-refractivity contribution in [2.45, 2.75) is 58.5 Å². The first kappa shape index (κ1) is 22.0. The van der Waals surface area contributed by atoms with Crippen LogP contribution < -0.4 is 10.9 Å². The van der Waals surface area contributed by atoms with Gasteiger partial charge in [0.05, 0.1) is 18.3 Å². The van der Waals surface area contributed by atoms with Crippen molar-refractivity contribution >= 4 is 33.4 Å². The topological polar surface area (TPSA) is 87.5 Å². The molecule has 0 saturated carbocycles. The number of aryl methyl sites for hydroxylation is 3. The van der Waals surface area contributed by atoms with E-state index in [0.717, 1.165) is 29.5 Å². The molecule has 1 aliphatic heterocycles. The van der Waals surface area contributed by atoms with Crippen LogP contribution in [0.4, 0.5) is 0 Å². The van der Waals surface area contributed by atoms with Crippen molar-refractivity contribution < 1.29 is 9.59 Å². The molecular formula is C22H31N5O3S. The lowest BCUT2D eigenvalue weighted by atomic mass is 9.97. The van der Waals surface area contributed by atoms with Gasteiger partial charge in [-0.3, -0.25) is 23.9 Å². The number of aromatic nitrogens is 2. The number of thiophene rings is 1. The maximum atomic E-state index is 13.0. The van der Waals surface area contributed by atoms with Gasteiger partial charge in [-0.2, -0.15) is 0 Å². The third-order valence-corrected chi connectivity index (χ3v) is 7.25. The van der Waals surface area contributed by atoms with Crippen LogP contribution in [0.25, 0.3) is 10.2 Å². The van der Waals surface area contributed by atoms with E-state index in [9.17, 15) is 14.4 Å². The van der Waals surface area contributed by atoms with E-state index in [-0.39, 0.29) is 29.8 Å². The molecule has 1 fully saturated rings. The predicted octanol–water partition coefficient (Wildman–Crippen LogP) is 1.40. The molecule has 2 aromatic heterocycles. The van der Waals surface area contributed by atoms with Crippen LogP contribution in [0.3, 0.4) is 0 Å². The smallest absolute Gasteiger partial charge is 0.262 e. The number of amides is 2. The fraction of sp³-hybridized carbons (Fsp3) is 0.636. The summed E-state index contributed by atoms with van der Waals surface area (Å²) in [5.41, 5.74) is 1.17. The third kappa shape index (κ3) is 4.98. The predicted molar refractivity (Wildman–Crippen MR) is 121 cm³/mol. The number of carbonyl (C=O) groups is 2. The Labute approximate surface area is 186 Å². The standard InChI is InChI=1S/C22H31N5O3S/c1-15(2)24-18(28)13-25-9-11-26(12-10-25)19(29)7-8-27-14-23-21-20(22(27)30)16-5-3-4-6-17(16)31-21/h14-15H,3-13H2,1-2H3,(H,24,28). The summed E-state index contributed by atoms with van der Waals surface area (Å²) in [6, 6.07) is 0.132. The van der Waals surface area contributed by atoms with Crippen molar-refractivity contribution in [3.63, 3.8) is 0 Å². The molecule has 31 heavy (non-hydrogen) atoms. The molecule has 9 heteroatoms. The summed E-state index contributed by atoms with van der Waals surface area (Å²) in [6.07, 6.45) is 6.17. The van der Waals surface area contributed by atoms with E-state index in [1.165, 1.54) is 16.9 Å². The van der Waals surface area contributed by atoms with Crippen LogP contribution in [0.5, 0.6) is 0 Å². The molecule has 0 bridgehead atoms. The van der Waals surface area contributed by atoms with Crippen molar-refractivity contribution in [2.24, 2.45) is 0 Å². The zero-order chi connectivity index (χ0) is 22.0. The van der Waals surface area contributed by atoms with Gasteiger partial charge < -0.3 is 10.2 Å². The van der Waals surface area contributed by atoms with Crippen molar-refractivity contribution in [3.8, 4) is 0 Å². The quantitative estimate of drug-likeness (QED) is 0.726. The number of nitrogens with zero attached hydrogens (tertiary/aromatic N) is 4. The zero-order valence-electron chi connectivity index (χ0n) is 18.4. The second kappa shape index (κ2) is 9.48. The Bertz CT molecular complexity index is 1020. The van der Waals surface area contributed by atoms with Gasteiger partial charge in [0.15, 0.2) is 0 Å². The summed E-state index contributed by atoms with van der Waals surface area (Å²) >= 11 is 1.64. The van der Waals surface area contributed by atoms with E-state index in [4.69, 9.17) is 0 Å². The summed E-state index contributed by atoms with van der Waals surface area (Å²) in [6.45, 7) is 7.20. The number of hydrogen-bond acceptors (Lipinski definition) is 6. The summed E-state index contributed by atoms with van der Waals surface area (Å²) < 4.78 is 1.59. The Hall–Kier alpha value is -2.26. The molecule has 8 nitrogen and oxygen atoms in total. The van der Waals surface area contributed by atoms with Crippen LogP contribution in [-0.4, -0.2) is 69.9 Å². The van der Waals surface area contributed by atoms with E-state index in [1.54, 1.807) is 22.2 Å². The largest absolute Gasteiger partial charge is 0.353 e. The lowest BCUT2D eigenvalue weighted by molar-refractivity contribution is -0.133. The molecule has 0 unspecified atom stereocenters. The van der Waals surface area contributed by atoms with Crippen LogP contribution in [0.1, 0.15) is 43.6 Å². The van der Waals surface area contributed by atoms with Crippen LogP contribution >= 0.6 is 11.3 Å². The summed E-state index contributed by atoms with van der Waals surface area (Å²) in [5.74, 6) is 0.0679. The van der Waals surface area contributed by atoms with Gasteiger partial charge in [-0.05, 0) is 45.1 Å². The molecule has 0 radical (unpaired) electrons. The van der Waals surface area contributed by atoms with Crippen molar-refractivity contribution in [1.82, 2.24) is 24.7 Å². The number of rotatable bonds is 6. The summed E-state index contributed by atoms with van der Waals surface area (Å²) in [5, 5.41) is 3.67. The van der Waals surface area contributed by atoms with Gasteiger partial charge in [-0.1, -0.05) is 0 Å². The van der Waals surface area contributed by atoms with Gasteiger partial charge in [0.1, 0.15) is 4.83 Å². The molecule has 2 aliphatic rings. The number of nitrogens with one attached hydrogen (secondary N) is 1. The number of fused-ring (bicyclic) bond motifs is 3. The van der Waals surface area contributed by atoms with E-state index >= 15 is 0 Å². The second-order valence-corrected chi connectivity index (χ2v) is 9.85. The average Bonchev–Trinajstić information content (AvgIpc) is 3.12. The fourth-order valence-corrected chi connectivity index (χ4v) is 5.66. The maximum absolute atomic E-state index is 13.0. The lowest BCUT2D eigenvalue weighted by Crippen LogP contribution is -2.51. The molecule has 1 saturated heterocycles. The van der Waals surface area contributed by atoms with Gasteiger partial charge in [0, 0.05) is 50.1 Å². The van der Waals surface area contributed by atoms with Crippen LogP contribution in [0.15, 0.2) is 11.1 Å². The molecular weight excluding hydrogens is 414 g/mol. The summed E-state index contributed by atoms with van der Waals surface area (Å²) in [7, 11) is 0. The van der Waals surface area contributed by atoms with Crippen molar-refractivity contribution in [1.29, 1.82) is 0 Å². The summed E-state index contributed by atoms with van der Waals surface area (Å²) in [4.78, 5) is 48.2. The molecule has 1 aliphatic carbocycles. The molecule has 0 spiro atoms. The minimum absolute atomic E-state index is 0.0156. The highest BCUT2D eigenvalue weighted by atomic mass is 32.1. The molecule has 4 rings (SSSR count). The zero-order valence-corrected chi connectivity index (χ0v) is 19.2. The lowest BCUT2D eigenvalue weighted by Gasteiger charge is -2.34. The minimum atomic E-state index is -0.0156. The number of carbonyl (C=O) groups excluding carboxylic acids is 2. The van der Waals surface area contributed by atoms with E-state index in [1.807, 2.05) is 18.7 Å². The SMILES string of the molecule is CC(C)NC(=O)CN1CCN(C(=O)CCn2cnc3sc4c(c3c2=O)CCCC4)CC1. The van der Waals surface area contributed by atoms with E-state index in [2.05, 4.69) is 15.2 Å². The normalized spacial score (nSPS) is 17.2. The van der Waals surface area contributed by atoms with Gasteiger partial charge in [-0.15, -0.1) is 11.3 Å². The van der Waals surface area contributed by atoms with Crippen molar-refractivity contribution in [2.75, 3.05) is 32.7 Å². The highest BCUT2D eigenvalue weighted by Crippen LogP contribution is 2.33. The highest BCUT2D eigenvalue weighted by molar-refractivity contribution is 7.18. The number of hydrogen-bond donors (Lipinski definition) is 1. The first-order valence-electron chi connectivity index (χ1n) is 11.2. The monoisotopic (exact) mass is 445 g/mol. The molecule has 1 N–H and O–H groups in total. The van der Waals surface area contributed by atoms with Crippen LogP contribution in [0, 0.1) is 0 Å². The average molecular weight is 446 g/mol. The van der Waals surface area contributed by atoms with Gasteiger partial charge in [0.25, 0.3) is 5.56 Å². The maximum Gasteiger partial charge on any atom is 0.262 e. The molecule has 2 aromatic rings. The molecule has 2 amide bonds. The Morgan fingerprint density at radius 1 is 1.16 bits per heavy atom. The molecule has 0 atom stereocenters. The third-order valence-electron chi connectivity index (χ3n) is 6.05. The minimum Gasteiger partial charge on any atom is -0.353 e. The van der Waals surface area contributed by atoms with Crippen LogP contribution in [-0.2, 0) is 29.0 Å². The highest BCUT2D eigenvalue weighted by Gasteiger charge is 2.23. The van der Waals surface area contributed by atoms with Gasteiger partial charge in [-0.25, -0.2) is 4.98 Å². The van der Waals surface area contributed by atoms with Gasteiger partial charge in [0.2, 0.25) is 11.8 Å². The van der Waals surface area contributed by atoms with E-state index < -0.39 is 0 Å². The van der Waals surface area contributed by atoms with E-state index in [0.29, 0.717) is 39.3 Å².